The first kappa shape index (κ1) is 14.4. The Morgan fingerprint density at radius 1 is 1.09 bits per heavy atom. The summed E-state index contributed by atoms with van der Waals surface area (Å²) < 4.78 is 21.2. The van der Waals surface area contributed by atoms with Crippen LogP contribution in [-0.4, -0.2) is 19.4 Å². The van der Waals surface area contributed by atoms with Gasteiger partial charge in [0.05, 0.1) is 13.2 Å². The maximum atomic E-state index is 11.3. The van der Waals surface area contributed by atoms with Crippen LogP contribution in [0.3, 0.4) is 0 Å². The second-order valence-electron chi connectivity index (χ2n) is 1.76. The monoisotopic (exact) mass is 294 g/mol. The molecule has 0 saturated heterocycles. The van der Waals surface area contributed by atoms with E-state index in [0.29, 0.717) is 19.4 Å². The summed E-state index contributed by atoms with van der Waals surface area (Å²) in [5.74, 6) is 0. The van der Waals surface area contributed by atoms with Gasteiger partial charge in [-0.05, 0) is 13.8 Å². The van der Waals surface area contributed by atoms with Crippen molar-refractivity contribution >= 4 is 31.6 Å². The molecule has 0 aromatic heterocycles. The molecular weight excluding hydrogens is 278 g/mol. The van der Waals surface area contributed by atoms with Crippen LogP contribution < -0.4 is 0 Å². The van der Waals surface area contributed by atoms with Crippen LogP contribution in [-0.2, 0) is 13.6 Å². The topological polar surface area (TPSA) is 35.5 Å². The average molecular weight is 294 g/mol. The van der Waals surface area contributed by atoms with Gasteiger partial charge in [-0.25, -0.2) is 0 Å². The zero-order valence-electron chi connectivity index (χ0n) is 7.20. The molecule has 0 heterocycles. The van der Waals surface area contributed by atoms with E-state index < -0.39 is 7.60 Å². The van der Waals surface area contributed by atoms with E-state index in [2.05, 4.69) is 0 Å². The molecule has 3 nitrogen and oxygen atoms in total. The highest BCUT2D eigenvalue weighted by atomic mass is 127. The van der Waals surface area contributed by atoms with Gasteiger partial charge in [-0.3, -0.25) is 4.57 Å². The Morgan fingerprint density at radius 3 is 1.64 bits per heavy atom. The second-order valence-corrected chi connectivity index (χ2v) is 4.13. The summed E-state index contributed by atoms with van der Waals surface area (Å²) in [6, 6.07) is 0. The molecule has 0 amide bonds. The molecule has 0 aromatic rings. The molecule has 0 aliphatic rings. The van der Waals surface area contributed by atoms with E-state index in [0.717, 1.165) is 0 Å². The lowest BCUT2D eigenvalue weighted by atomic mass is 10.9. The molecule has 0 bridgehead atoms. The van der Waals surface area contributed by atoms with Crippen molar-refractivity contribution in [1.29, 1.82) is 0 Å². The molecular formula is C6H16IO3P. The van der Waals surface area contributed by atoms with Crippen molar-refractivity contribution in [1.82, 2.24) is 0 Å². The van der Waals surface area contributed by atoms with Gasteiger partial charge in [-0.2, -0.15) is 0 Å². The van der Waals surface area contributed by atoms with Gasteiger partial charge in [0.2, 0.25) is 0 Å². The van der Waals surface area contributed by atoms with Crippen molar-refractivity contribution in [3.05, 3.63) is 0 Å². The minimum absolute atomic E-state index is 0. The minimum atomic E-state index is -2.70. The zero-order chi connectivity index (χ0) is 8.04. The van der Waals surface area contributed by atoms with Crippen molar-refractivity contribution in [2.24, 2.45) is 0 Å². The number of rotatable bonds is 5. The molecule has 0 radical (unpaired) electrons. The lowest BCUT2D eigenvalue weighted by Gasteiger charge is -2.13. The van der Waals surface area contributed by atoms with E-state index in [1.807, 2.05) is 0 Å². The minimum Gasteiger partial charge on any atom is -0.309 e. The van der Waals surface area contributed by atoms with Crippen molar-refractivity contribution in [2.45, 2.75) is 20.8 Å². The number of halogens is 1. The van der Waals surface area contributed by atoms with E-state index in [4.69, 9.17) is 9.05 Å². The zero-order valence-corrected chi connectivity index (χ0v) is 10.4. The van der Waals surface area contributed by atoms with Crippen molar-refractivity contribution in [3.8, 4) is 0 Å². The summed E-state index contributed by atoms with van der Waals surface area (Å²) in [5, 5.41) is 0. The summed E-state index contributed by atoms with van der Waals surface area (Å²) >= 11 is 0. The predicted molar refractivity (Wildman–Crippen MR) is 56.8 cm³/mol. The molecule has 0 atom stereocenters. The summed E-state index contributed by atoms with van der Waals surface area (Å²) in [7, 11) is -2.70. The predicted octanol–water partition coefficient (Wildman–Crippen LogP) is 2.89. The molecule has 0 aliphatic heterocycles. The molecule has 0 rings (SSSR count). The van der Waals surface area contributed by atoms with Crippen LogP contribution in [0, 0.1) is 0 Å². The Labute approximate surface area is 85.4 Å². The Morgan fingerprint density at radius 2 is 1.45 bits per heavy atom. The van der Waals surface area contributed by atoms with Gasteiger partial charge >= 0.3 is 7.60 Å². The van der Waals surface area contributed by atoms with E-state index in [-0.39, 0.29) is 24.0 Å². The maximum Gasteiger partial charge on any atom is 0.330 e. The fraction of sp³-hybridized carbons (Fsp3) is 1.00. The molecule has 0 saturated carbocycles. The SMILES string of the molecule is CCOP(=O)(CC)OCC.I. The fourth-order valence-corrected chi connectivity index (χ4v) is 1.84. The van der Waals surface area contributed by atoms with Crippen LogP contribution in [0.15, 0.2) is 0 Å². The maximum absolute atomic E-state index is 11.3. The largest absolute Gasteiger partial charge is 0.330 e. The lowest BCUT2D eigenvalue weighted by Crippen LogP contribution is -1.97. The van der Waals surface area contributed by atoms with Crippen LogP contribution in [0.4, 0.5) is 0 Å². The highest BCUT2D eigenvalue weighted by Crippen LogP contribution is 2.47. The third kappa shape index (κ3) is 6.08. The summed E-state index contributed by atoms with van der Waals surface area (Å²) in [4.78, 5) is 0. The van der Waals surface area contributed by atoms with Crippen LogP contribution in [0.25, 0.3) is 0 Å². The van der Waals surface area contributed by atoms with E-state index in [1.165, 1.54) is 0 Å². The standard InChI is InChI=1S/C6H15O3P.HI/c1-4-8-10(7,6-3)9-5-2;/h4-6H2,1-3H3;1H. The quantitative estimate of drug-likeness (QED) is 0.578. The summed E-state index contributed by atoms with van der Waals surface area (Å²) in [5.41, 5.74) is 0. The Hall–Kier alpha value is 0.880. The molecule has 11 heavy (non-hydrogen) atoms. The van der Waals surface area contributed by atoms with Crippen molar-refractivity contribution < 1.29 is 13.6 Å². The van der Waals surface area contributed by atoms with Gasteiger partial charge in [0.1, 0.15) is 0 Å². The van der Waals surface area contributed by atoms with Crippen LogP contribution in [0.1, 0.15) is 20.8 Å². The lowest BCUT2D eigenvalue weighted by molar-refractivity contribution is 0.221. The van der Waals surface area contributed by atoms with Gasteiger partial charge in [-0.15, -0.1) is 24.0 Å². The summed E-state index contributed by atoms with van der Waals surface area (Å²) in [6.07, 6.45) is 0.453. The highest BCUT2D eigenvalue weighted by Gasteiger charge is 2.19. The van der Waals surface area contributed by atoms with Gasteiger partial charge in [0, 0.05) is 6.16 Å². The molecule has 0 aromatic carbocycles. The molecule has 0 fully saturated rings. The van der Waals surface area contributed by atoms with Gasteiger partial charge in [0.25, 0.3) is 0 Å². The Balaban J connectivity index is 0. The van der Waals surface area contributed by atoms with E-state index in [9.17, 15) is 4.57 Å². The molecule has 5 heteroatoms. The van der Waals surface area contributed by atoms with Crippen molar-refractivity contribution in [3.63, 3.8) is 0 Å². The van der Waals surface area contributed by atoms with Gasteiger partial charge in [0.15, 0.2) is 0 Å². The normalized spacial score (nSPS) is 10.8. The third-order valence-corrected chi connectivity index (χ3v) is 3.12. The second kappa shape index (κ2) is 7.53. The molecule has 0 aliphatic carbocycles. The van der Waals surface area contributed by atoms with E-state index in [1.54, 1.807) is 20.8 Å². The molecule has 70 valence electrons. The molecule has 0 spiro atoms. The van der Waals surface area contributed by atoms with Crippen LogP contribution in [0.2, 0.25) is 0 Å². The van der Waals surface area contributed by atoms with Crippen LogP contribution >= 0.6 is 31.6 Å². The van der Waals surface area contributed by atoms with E-state index >= 15 is 0 Å². The third-order valence-electron chi connectivity index (χ3n) is 1.04. The number of hydrogen-bond donors (Lipinski definition) is 0. The Kier molecular flexibility index (Phi) is 9.86. The van der Waals surface area contributed by atoms with Gasteiger partial charge < -0.3 is 9.05 Å². The first-order valence-electron chi connectivity index (χ1n) is 3.56. The first-order valence-corrected chi connectivity index (χ1v) is 5.29. The summed E-state index contributed by atoms with van der Waals surface area (Å²) in [6.45, 7) is 6.31. The molecule has 0 N–H and O–H groups in total. The average Bonchev–Trinajstić information content (AvgIpc) is 1.89. The smallest absolute Gasteiger partial charge is 0.309 e. The van der Waals surface area contributed by atoms with Crippen molar-refractivity contribution in [2.75, 3.05) is 19.4 Å². The van der Waals surface area contributed by atoms with Gasteiger partial charge in [-0.1, -0.05) is 6.92 Å². The first-order chi connectivity index (χ1) is 4.68. The van der Waals surface area contributed by atoms with Crippen LogP contribution in [0.5, 0.6) is 0 Å². The fourth-order valence-electron chi connectivity index (χ4n) is 0.613. The Bertz CT molecular complexity index is 119. The highest BCUT2D eigenvalue weighted by molar-refractivity contribution is 14.0. The molecule has 0 unspecified atom stereocenters. The number of hydrogen-bond acceptors (Lipinski definition) is 3.